The molecular weight excluding hydrogens is 1550 g/mol. The van der Waals surface area contributed by atoms with Gasteiger partial charge in [0, 0.05) is 14.2 Å². The van der Waals surface area contributed by atoms with E-state index in [-0.39, 0.29) is 0 Å². The van der Waals surface area contributed by atoms with Gasteiger partial charge in [-0.3, -0.25) is 0 Å². The zero-order chi connectivity index (χ0) is 94.9. The molecule has 0 spiro atoms. The minimum atomic E-state index is 0.950. The van der Waals surface area contributed by atoms with Crippen molar-refractivity contribution in [2.24, 2.45) is 0 Å². The van der Waals surface area contributed by atoms with E-state index in [2.05, 4.69) is 353 Å². The molecule has 0 fully saturated rings. The fourth-order valence-electron chi connectivity index (χ4n) is 11.0. The van der Waals surface area contributed by atoms with Gasteiger partial charge in [0.1, 0.15) is 5.75 Å². The number of rotatable bonds is 12. The van der Waals surface area contributed by atoms with Gasteiger partial charge < -0.3 is 9.47 Å². The number of benzene rings is 14. The van der Waals surface area contributed by atoms with Crippen molar-refractivity contribution in [3.63, 3.8) is 0 Å². The molecule has 0 radical (unpaired) electrons. The summed E-state index contributed by atoms with van der Waals surface area (Å²) in [5.74, 6) is 0.950. The molecule has 0 saturated heterocycles. The lowest BCUT2D eigenvalue weighted by atomic mass is 9.98. The maximum Gasteiger partial charge on any atom is 0.122 e. The summed E-state index contributed by atoms with van der Waals surface area (Å²) in [4.78, 5) is 0. The molecule has 670 valence electrons. The van der Waals surface area contributed by atoms with Crippen LogP contribution in [-0.4, -0.2) is 21.3 Å². The summed E-state index contributed by atoms with van der Waals surface area (Å²) in [6.45, 7) is 42.5. The normalized spacial score (nSPS) is 9.91. The van der Waals surface area contributed by atoms with Crippen LogP contribution in [0.2, 0.25) is 0 Å². The van der Waals surface area contributed by atoms with Crippen LogP contribution in [0.5, 0.6) is 5.75 Å². The van der Waals surface area contributed by atoms with E-state index in [1.807, 2.05) is 295 Å². The Bertz CT molecular complexity index is 4780. The minimum Gasteiger partial charge on any atom is -0.496 e. The van der Waals surface area contributed by atoms with Crippen molar-refractivity contribution in [3.05, 3.63) is 521 Å². The fourth-order valence-corrected chi connectivity index (χ4v) is 11.0. The van der Waals surface area contributed by atoms with E-state index in [0.717, 1.165) is 5.75 Å². The maximum atomic E-state index is 5.20. The van der Waals surface area contributed by atoms with Crippen LogP contribution in [0.15, 0.2) is 443 Å². The van der Waals surface area contributed by atoms with Crippen molar-refractivity contribution in [2.45, 2.75) is 145 Å². The Kier molecular flexibility index (Phi) is 76.8. The smallest absolute Gasteiger partial charge is 0.122 e. The quantitative estimate of drug-likeness (QED) is 0.114. The molecule has 2 heteroatoms. The molecule has 0 aliphatic rings. The monoisotopic (exact) mass is 1700 g/mol. The van der Waals surface area contributed by atoms with E-state index in [1.165, 1.54) is 105 Å². The van der Waals surface area contributed by atoms with Gasteiger partial charge in [0.25, 0.3) is 0 Å². The SMILES string of the molecule is CC.CC.CC.CC=C(c1ccccc1)c1ccccc1.CC=CC.CC=Cc1ccc(C)c(OC)c1.CC=Cc1ccc(C)cc1.CC=Cc1ccc(C)cc1.CC=Cc1ccc2ccccc2c1.CC=Cc1ccccc1.CC=Cc1ccccc1.CC=Cc1ccccc1.CC=Cc1ccccc1.CC=Cc1ccccc1.COC.c1ccc2ccccc2c1. The first-order valence-corrected chi connectivity index (χ1v) is 45.1. The molecule has 14 rings (SSSR count). The first-order valence-electron chi connectivity index (χ1n) is 45.1. The lowest BCUT2D eigenvalue weighted by Gasteiger charge is -2.06. The highest BCUT2D eigenvalue weighted by molar-refractivity contribution is 5.85. The van der Waals surface area contributed by atoms with Gasteiger partial charge in [-0.25, -0.2) is 0 Å². The van der Waals surface area contributed by atoms with Crippen LogP contribution in [-0.2, 0) is 4.74 Å². The summed E-state index contributed by atoms with van der Waals surface area (Å²) in [6, 6.07) is 127. The van der Waals surface area contributed by atoms with Crippen LogP contribution in [0.25, 0.3) is 81.8 Å². The Hall–Kier alpha value is -13.5. The summed E-state index contributed by atoms with van der Waals surface area (Å²) >= 11 is 0. The van der Waals surface area contributed by atoms with E-state index in [9.17, 15) is 0 Å². The lowest BCUT2D eigenvalue weighted by molar-refractivity contribution is 0.277. The summed E-state index contributed by atoms with van der Waals surface area (Å²) in [6.07, 6.45) is 43.3. The van der Waals surface area contributed by atoms with Gasteiger partial charge in [-0.2, -0.15) is 0 Å². The molecule has 0 aliphatic carbocycles. The zero-order valence-electron chi connectivity index (χ0n) is 82.2. The first kappa shape index (κ1) is 117. The highest BCUT2D eigenvalue weighted by atomic mass is 16.5. The molecule has 128 heavy (non-hydrogen) atoms. The number of fused-ring (bicyclic) bond motifs is 2. The number of ether oxygens (including phenoxy) is 2. The summed E-state index contributed by atoms with van der Waals surface area (Å²) in [5.41, 5.74) is 18.9. The van der Waals surface area contributed by atoms with Gasteiger partial charge in [0.15, 0.2) is 0 Å². The Balaban J connectivity index is 0. The second kappa shape index (κ2) is 84.3. The predicted octanol–water partition coefficient (Wildman–Crippen LogP) is 38.5. The molecule has 0 aliphatic heterocycles. The van der Waals surface area contributed by atoms with Crippen molar-refractivity contribution in [3.8, 4) is 5.75 Å². The number of aryl methyl sites for hydroxylation is 3. The molecule has 0 atom stereocenters. The van der Waals surface area contributed by atoms with Crippen molar-refractivity contribution in [2.75, 3.05) is 21.3 Å². The maximum absolute atomic E-state index is 5.20. The number of methoxy groups -OCH3 is 2. The van der Waals surface area contributed by atoms with Gasteiger partial charge >= 0.3 is 0 Å². The van der Waals surface area contributed by atoms with E-state index in [0.29, 0.717) is 0 Å². The van der Waals surface area contributed by atoms with Gasteiger partial charge in [-0.15, -0.1) is 0 Å². The Morgan fingerprint density at radius 2 is 0.391 bits per heavy atom. The highest BCUT2D eigenvalue weighted by Gasteiger charge is 2.02. The van der Waals surface area contributed by atoms with E-state index < -0.39 is 0 Å². The number of hydrogen-bond donors (Lipinski definition) is 0. The Labute approximate surface area is 779 Å². The van der Waals surface area contributed by atoms with E-state index >= 15 is 0 Å². The molecule has 0 heterocycles. The first-order chi connectivity index (χ1) is 62.7. The summed E-state index contributed by atoms with van der Waals surface area (Å²) < 4.78 is 9.45. The third-order valence-electron chi connectivity index (χ3n) is 17.0. The molecule has 0 saturated carbocycles. The summed E-state index contributed by atoms with van der Waals surface area (Å²) in [7, 11) is 4.95. The van der Waals surface area contributed by atoms with Crippen LogP contribution in [0.3, 0.4) is 0 Å². The molecule has 0 amide bonds. The zero-order valence-corrected chi connectivity index (χ0v) is 82.2. The van der Waals surface area contributed by atoms with Crippen LogP contribution in [0.4, 0.5) is 0 Å². The van der Waals surface area contributed by atoms with Crippen molar-refractivity contribution in [1.29, 1.82) is 0 Å². The molecule has 0 N–H and O–H groups in total. The molecule has 0 aromatic heterocycles. The Morgan fingerprint density at radius 3 is 0.625 bits per heavy atom. The predicted molar refractivity (Wildman–Crippen MR) is 586 cm³/mol. The minimum absolute atomic E-state index is 0.950. The molecule has 14 aromatic rings. The fraction of sp³-hybridized carbons (Fsp3) is 0.190. The van der Waals surface area contributed by atoms with Crippen molar-refractivity contribution >= 4 is 81.8 Å². The van der Waals surface area contributed by atoms with Gasteiger partial charge in [-0.05, 0) is 210 Å². The third kappa shape index (κ3) is 59.4. The highest BCUT2D eigenvalue weighted by Crippen LogP contribution is 2.24. The number of hydrogen-bond acceptors (Lipinski definition) is 2. The van der Waals surface area contributed by atoms with Crippen LogP contribution in [0.1, 0.15) is 203 Å². The second-order valence-electron chi connectivity index (χ2n) is 27.1. The van der Waals surface area contributed by atoms with Crippen LogP contribution < -0.4 is 4.74 Å². The standard InChI is InChI=1S/C15H14.C13H12.C11H14O.C10H8.2C10H12.5C9H10.C4H8.C2H6O.3C2H6/c1-2-15(13-9-5-3-6-10-13)14-11-7-4-8-12-14;1-2-5-11-8-9-12-6-3-4-7-13(12)10-11;1-4-5-10-7-6-9(2)11(8-10)12-3;1-2-6-10-8-4-3-7-9(10)5-1;2*1-3-4-10-7-5-9(2)6-8-10;5*1-2-6-9-7-4-3-5-8-9;1-3-4-2;1-3-2;3*1-2/h2-12H,1H3;2-10H,1H3;4-8H,1-3H3;1-8H;2*3-8H,1-2H3;5*2-8H,1H3;3-4H,1-2H3;1-2H3;3*1-2H3. The molecule has 2 nitrogen and oxygen atoms in total. The van der Waals surface area contributed by atoms with Gasteiger partial charge in [0.2, 0.25) is 0 Å². The van der Waals surface area contributed by atoms with E-state index in [4.69, 9.17) is 4.74 Å². The largest absolute Gasteiger partial charge is 0.496 e. The molecule has 0 bridgehead atoms. The topological polar surface area (TPSA) is 18.5 Å². The summed E-state index contributed by atoms with van der Waals surface area (Å²) in [5, 5.41) is 5.23. The van der Waals surface area contributed by atoms with Gasteiger partial charge in [-0.1, -0.05) is 538 Å². The third-order valence-corrected chi connectivity index (χ3v) is 17.0. The van der Waals surface area contributed by atoms with Crippen molar-refractivity contribution < 1.29 is 9.47 Å². The average molecular weight is 1700 g/mol. The van der Waals surface area contributed by atoms with E-state index in [1.54, 1.807) is 21.3 Å². The van der Waals surface area contributed by atoms with Crippen LogP contribution >= 0.6 is 0 Å². The molecule has 0 unspecified atom stereocenters. The lowest BCUT2D eigenvalue weighted by Crippen LogP contribution is -1.86. The second-order valence-corrected chi connectivity index (χ2v) is 27.1. The van der Waals surface area contributed by atoms with Crippen LogP contribution in [0, 0.1) is 20.8 Å². The Morgan fingerprint density at radius 1 is 0.195 bits per heavy atom. The average Bonchev–Trinajstić information content (AvgIpc) is 0.852. The number of allylic oxidation sites excluding steroid dienone is 12. The molecular formula is C126H154O2. The van der Waals surface area contributed by atoms with Gasteiger partial charge in [0.05, 0.1) is 7.11 Å². The molecule has 14 aromatic carbocycles. The van der Waals surface area contributed by atoms with Crippen molar-refractivity contribution in [1.82, 2.24) is 0 Å².